The summed E-state index contributed by atoms with van der Waals surface area (Å²) >= 11 is 5.93. The van der Waals surface area contributed by atoms with Gasteiger partial charge in [0, 0.05) is 23.0 Å². The van der Waals surface area contributed by atoms with E-state index in [0.717, 1.165) is 5.56 Å². The molecule has 0 saturated heterocycles. The second-order valence-electron chi connectivity index (χ2n) is 3.81. The molecule has 0 aliphatic carbocycles. The number of nitrogens with two attached hydrogens (primary N) is 1. The first-order valence-corrected chi connectivity index (χ1v) is 5.99. The number of ether oxygens (including phenoxy) is 2. The van der Waals surface area contributed by atoms with Gasteiger partial charge in [0.05, 0.1) is 20.3 Å². The molecule has 1 atom stereocenters. The molecule has 0 aliphatic rings. The number of aromatic nitrogens is 2. The van der Waals surface area contributed by atoms with Gasteiger partial charge in [0.2, 0.25) is 5.88 Å². The van der Waals surface area contributed by atoms with Gasteiger partial charge in [-0.25, -0.2) is 4.98 Å². The number of hydrogen-bond donors (Lipinski definition) is 1. The van der Waals surface area contributed by atoms with Crippen molar-refractivity contribution in [3.63, 3.8) is 0 Å². The van der Waals surface area contributed by atoms with Crippen LogP contribution in [0.5, 0.6) is 11.6 Å². The molecule has 0 bridgehead atoms. The van der Waals surface area contributed by atoms with Crippen LogP contribution in [0.15, 0.2) is 30.6 Å². The summed E-state index contributed by atoms with van der Waals surface area (Å²) in [6, 6.07) is 4.76. The van der Waals surface area contributed by atoms with Gasteiger partial charge in [-0.3, -0.25) is 4.98 Å². The highest BCUT2D eigenvalue weighted by molar-refractivity contribution is 6.30. The van der Waals surface area contributed by atoms with Gasteiger partial charge in [-0.2, -0.15) is 0 Å². The van der Waals surface area contributed by atoms with E-state index in [2.05, 4.69) is 9.97 Å². The lowest BCUT2D eigenvalue weighted by molar-refractivity contribution is 0.384. The third kappa shape index (κ3) is 2.77. The van der Waals surface area contributed by atoms with Crippen molar-refractivity contribution in [2.24, 2.45) is 5.73 Å². The van der Waals surface area contributed by atoms with Gasteiger partial charge in [-0.05, 0) is 12.1 Å². The molecule has 1 aromatic carbocycles. The molecular formula is C13H14ClN3O2. The average molecular weight is 280 g/mol. The van der Waals surface area contributed by atoms with Crippen molar-refractivity contribution in [1.82, 2.24) is 9.97 Å². The van der Waals surface area contributed by atoms with Gasteiger partial charge < -0.3 is 15.2 Å². The molecule has 100 valence electrons. The summed E-state index contributed by atoms with van der Waals surface area (Å²) in [6.07, 6.45) is 3.12. The van der Waals surface area contributed by atoms with Gasteiger partial charge >= 0.3 is 0 Å². The monoisotopic (exact) mass is 279 g/mol. The van der Waals surface area contributed by atoms with Crippen LogP contribution in [-0.4, -0.2) is 24.2 Å². The minimum absolute atomic E-state index is 0.395. The van der Waals surface area contributed by atoms with E-state index in [-0.39, 0.29) is 0 Å². The van der Waals surface area contributed by atoms with Gasteiger partial charge in [-0.15, -0.1) is 0 Å². The summed E-state index contributed by atoms with van der Waals surface area (Å²) in [4.78, 5) is 8.31. The van der Waals surface area contributed by atoms with E-state index in [1.807, 2.05) is 0 Å². The van der Waals surface area contributed by atoms with Crippen molar-refractivity contribution < 1.29 is 9.47 Å². The smallest absolute Gasteiger partial charge is 0.237 e. The van der Waals surface area contributed by atoms with Crippen LogP contribution in [0.25, 0.3) is 0 Å². The first-order valence-electron chi connectivity index (χ1n) is 5.61. The molecule has 0 saturated carbocycles. The van der Waals surface area contributed by atoms with Gasteiger partial charge in [0.25, 0.3) is 0 Å². The Morgan fingerprint density at radius 1 is 1.16 bits per heavy atom. The summed E-state index contributed by atoms with van der Waals surface area (Å²) in [5, 5.41) is 0.582. The fraction of sp³-hybridized carbons (Fsp3) is 0.231. The molecule has 2 rings (SSSR count). The number of methoxy groups -OCH3 is 2. The quantitative estimate of drug-likeness (QED) is 0.929. The second-order valence-corrected chi connectivity index (χ2v) is 4.25. The molecule has 0 fully saturated rings. The Balaban J connectivity index is 2.46. The summed E-state index contributed by atoms with van der Waals surface area (Å²) in [5.41, 5.74) is 7.53. The van der Waals surface area contributed by atoms with Crippen molar-refractivity contribution in [2.45, 2.75) is 6.04 Å². The third-order valence-corrected chi connectivity index (χ3v) is 2.94. The molecule has 0 aliphatic heterocycles. The van der Waals surface area contributed by atoms with Crippen LogP contribution in [0.3, 0.4) is 0 Å². The van der Waals surface area contributed by atoms with Crippen LogP contribution in [-0.2, 0) is 0 Å². The number of rotatable bonds is 4. The van der Waals surface area contributed by atoms with Crippen LogP contribution >= 0.6 is 11.6 Å². The highest BCUT2D eigenvalue weighted by atomic mass is 35.5. The molecule has 5 nitrogen and oxygen atoms in total. The van der Waals surface area contributed by atoms with E-state index in [0.29, 0.717) is 22.3 Å². The summed E-state index contributed by atoms with van der Waals surface area (Å²) < 4.78 is 10.5. The molecule has 0 radical (unpaired) electrons. The minimum Gasteiger partial charge on any atom is -0.496 e. The largest absolute Gasteiger partial charge is 0.496 e. The highest BCUT2D eigenvalue weighted by Crippen LogP contribution is 2.32. The fourth-order valence-corrected chi connectivity index (χ4v) is 1.96. The van der Waals surface area contributed by atoms with Crippen LogP contribution in [0, 0.1) is 0 Å². The number of halogens is 1. The van der Waals surface area contributed by atoms with Crippen molar-refractivity contribution >= 4 is 11.6 Å². The number of benzene rings is 1. The SMILES string of the molecule is COc1cc(Cl)ccc1C(N)c1nccnc1OC. The van der Waals surface area contributed by atoms with Crippen molar-refractivity contribution in [3.05, 3.63) is 46.9 Å². The topological polar surface area (TPSA) is 70.3 Å². The minimum atomic E-state index is -0.504. The first-order chi connectivity index (χ1) is 9.17. The Morgan fingerprint density at radius 3 is 2.58 bits per heavy atom. The number of hydrogen-bond acceptors (Lipinski definition) is 5. The second kappa shape index (κ2) is 5.86. The lowest BCUT2D eigenvalue weighted by atomic mass is 10.0. The zero-order valence-corrected chi connectivity index (χ0v) is 11.4. The molecule has 1 unspecified atom stereocenters. The van der Waals surface area contributed by atoms with Crippen molar-refractivity contribution in [2.75, 3.05) is 14.2 Å². The predicted molar refractivity (Wildman–Crippen MR) is 72.6 cm³/mol. The van der Waals surface area contributed by atoms with E-state index >= 15 is 0 Å². The molecule has 6 heteroatoms. The number of nitrogens with zero attached hydrogens (tertiary/aromatic N) is 2. The molecular weight excluding hydrogens is 266 g/mol. The van der Waals surface area contributed by atoms with E-state index in [4.69, 9.17) is 26.8 Å². The van der Waals surface area contributed by atoms with Crippen molar-refractivity contribution in [1.29, 1.82) is 0 Å². The molecule has 2 N–H and O–H groups in total. The maximum atomic E-state index is 6.21. The molecule has 2 aromatic rings. The first kappa shape index (κ1) is 13.6. The third-order valence-electron chi connectivity index (χ3n) is 2.71. The normalized spacial score (nSPS) is 12.0. The summed E-state index contributed by atoms with van der Waals surface area (Å²) in [5.74, 6) is 1.000. The van der Waals surface area contributed by atoms with Gasteiger partial charge in [0.15, 0.2) is 0 Å². The van der Waals surface area contributed by atoms with Crippen LogP contribution in [0.4, 0.5) is 0 Å². The molecule has 0 amide bonds. The van der Waals surface area contributed by atoms with Crippen LogP contribution in [0.2, 0.25) is 5.02 Å². The zero-order valence-electron chi connectivity index (χ0n) is 10.6. The lowest BCUT2D eigenvalue weighted by Crippen LogP contribution is -2.16. The molecule has 19 heavy (non-hydrogen) atoms. The van der Waals surface area contributed by atoms with E-state index in [1.165, 1.54) is 7.11 Å². The maximum absolute atomic E-state index is 6.21. The molecule has 1 heterocycles. The van der Waals surface area contributed by atoms with Crippen LogP contribution < -0.4 is 15.2 Å². The predicted octanol–water partition coefficient (Wildman–Crippen LogP) is 2.20. The van der Waals surface area contributed by atoms with E-state index in [9.17, 15) is 0 Å². The van der Waals surface area contributed by atoms with Crippen LogP contribution in [0.1, 0.15) is 17.3 Å². The summed E-state index contributed by atoms with van der Waals surface area (Å²) in [7, 11) is 3.09. The molecule has 1 aromatic heterocycles. The summed E-state index contributed by atoms with van der Waals surface area (Å²) in [6.45, 7) is 0. The Bertz CT molecular complexity index is 578. The standard InChI is InChI=1S/C13H14ClN3O2/c1-18-10-7-8(14)3-4-9(10)11(15)12-13(19-2)17-6-5-16-12/h3-7,11H,15H2,1-2H3. The average Bonchev–Trinajstić information content (AvgIpc) is 2.46. The van der Waals surface area contributed by atoms with Gasteiger partial charge in [-0.1, -0.05) is 17.7 Å². The van der Waals surface area contributed by atoms with Gasteiger partial charge in [0.1, 0.15) is 11.4 Å². The Labute approximate surface area is 116 Å². The highest BCUT2D eigenvalue weighted by Gasteiger charge is 2.20. The Kier molecular flexibility index (Phi) is 4.19. The Morgan fingerprint density at radius 2 is 1.89 bits per heavy atom. The van der Waals surface area contributed by atoms with E-state index in [1.54, 1.807) is 37.7 Å². The maximum Gasteiger partial charge on any atom is 0.237 e. The van der Waals surface area contributed by atoms with E-state index < -0.39 is 6.04 Å². The fourth-order valence-electron chi connectivity index (χ4n) is 1.80. The Hall–Kier alpha value is -1.85. The molecule has 0 spiro atoms. The zero-order chi connectivity index (χ0) is 13.8. The lowest BCUT2D eigenvalue weighted by Gasteiger charge is -2.16. The van der Waals surface area contributed by atoms with Crippen molar-refractivity contribution in [3.8, 4) is 11.6 Å².